The van der Waals surface area contributed by atoms with Crippen LogP contribution in [0.4, 0.5) is 11.4 Å². The van der Waals surface area contributed by atoms with Crippen molar-refractivity contribution in [3.8, 4) is 0 Å². The van der Waals surface area contributed by atoms with Crippen LogP contribution in [0.15, 0.2) is 48.5 Å². The van der Waals surface area contributed by atoms with E-state index in [2.05, 4.69) is 9.19 Å². The second kappa shape index (κ2) is 15.1. The molecule has 12 heteroatoms. The maximum Gasteiger partial charge on any atom is 0.338 e. The van der Waals surface area contributed by atoms with Gasteiger partial charge in [0.15, 0.2) is 0 Å². The summed E-state index contributed by atoms with van der Waals surface area (Å²) in [4.78, 5) is 35.5. The summed E-state index contributed by atoms with van der Waals surface area (Å²) in [5.74, 6) is -1.06. The summed E-state index contributed by atoms with van der Waals surface area (Å²) in [6.45, 7) is 5.61. The van der Waals surface area contributed by atoms with Crippen molar-refractivity contribution >= 4 is 47.7 Å². The van der Waals surface area contributed by atoms with Crippen LogP contribution in [0.2, 0.25) is 0 Å². The number of carbonyl (C=O) groups excluding carboxylic acids is 3. The molecule has 0 aliphatic carbocycles. The largest absolute Gasteiger partial charge is 0.462 e. The predicted molar refractivity (Wildman–Crippen MR) is 130 cm³/mol. The Morgan fingerprint density at radius 2 is 1.74 bits per heavy atom. The van der Waals surface area contributed by atoms with Gasteiger partial charge in [0.25, 0.3) is 0 Å². The molecule has 0 heterocycles. The molecule has 0 saturated carbocycles. The molecule has 2 rings (SSSR count). The van der Waals surface area contributed by atoms with E-state index < -0.39 is 20.1 Å². The normalized spacial score (nSPS) is 11.9. The molecule has 2 aromatic rings. The fourth-order valence-corrected chi connectivity index (χ4v) is 4.47. The molecular formula is C23H31AsN2O9. The first-order valence-corrected chi connectivity index (χ1v) is 14.0. The second-order valence-electron chi connectivity index (χ2n) is 7.08. The van der Waals surface area contributed by atoms with Gasteiger partial charge < -0.3 is 4.74 Å². The van der Waals surface area contributed by atoms with Gasteiger partial charge in [0.1, 0.15) is 0 Å². The molecule has 0 aromatic heterocycles. The molecule has 0 bridgehead atoms. The third-order valence-corrected chi connectivity index (χ3v) is 6.84. The number of benzene rings is 2. The summed E-state index contributed by atoms with van der Waals surface area (Å²) in [5.41, 5.74) is 0.962. The van der Waals surface area contributed by atoms with Crippen LogP contribution >= 0.6 is 0 Å². The molecule has 0 spiro atoms. The number of ether oxygens (including phenoxy) is 2. The maximum absolute atomic E-state index is 12.2. The molecule has 1 unspecified atom stereocenters. The summed E-state index contributed by atoms with van der Waals surface area (Å²) in [6, 6.07) is 12.9. The van der Waals surface area contributed by atoms with Gasteiger partial charge in [-0.15, -0.1) is 0 Å². The minimum atomic E-state index is -5.22. The van der Waals surface area contributed by atoms with Crippen molar-refractivity contribution in [3.63, 3.8) is 0 Å². The van der Waals surface area contributed by atoms with Crippen molar-refractivity contribution in [1.29, 1.82) is 0 Å². The first-order chi connectivity index (χ1) is 16.6. The summed E-state index contributed by atoms with van der Waals surface area (Å²) in [6.07, 6.45) is 0.744. The number of hydrogen-bond acceptors (Lipinski definition) is 8. The van der Waals surface area contributed by atoms with Crippen LogP contribution in [0.3, 0.4) is 0 Å². The number of rotatable bonds is 10. The molecule has 0 radical (unpaired) electrons. The zero-order valence-electron chi connectivity index (χ0n) is 20.1. The number of amides is 2. The average molecular weight is 554 g/mol. The van der Waals surface area contributed by atoms with Crippen LogP contribution in [0.25, 0.3) is 0 Å². The summed E-state index contributed by atoms with van der Waals surface area (Å²) in [5, 5.41) is 11.2. The standard InChI is InChI=1S/C14H21AsN2O7.C9H10O2/c1-4-7-23-9-14(19)17(3)13-8-11(16-10(2)18)5-6-12(13)15(20,21)24-22;1-2-11-9(10)8-6-4-3-5-7-8/h5-6,8,22H,4,7,9H2,1-3H3,(H,16,18)(H,20,21);3-7H,2H2,1H3. The van der Waals surface area contributed by atoms with Crippen LogP contribution in [0.1, 0.15) is 37.6 Å². The van der Waals surface area contributed by atoms with Crippen molar-refractivity contribution in [2.75, 3.05) is 37.1 Å². The molecular weight excluding hydrogens is 523 g/mol. The molecule has 1 atom stereocenters. The number of esters is 1. The Kier molecular flexibility index (Phi) is 13.0. The van der Waals surface area contributed by atoms with E-state index in [1.54, 1.807) is 19.1 Å². The number of carbonyl (C=O) groups is 3. The number of likely N-dealkylation sites (N-methyl/N-ethyl adjacent to an activating group) is 1. The van der Waals surface area contributed by atoms with Gasteiger partial charge in [-0.25, -0.2) is 4.79 Å². The number of nitrogens with zero attached hydrogens (tertiary/aromatic N) is 1. The quantitative estimate of drug-likeness (QED) is 0.132. The van der Waals surface area contributed by atoms with E-state index in [4.69, 9.17) is 14.7 Å². The van der Waals surface area contributed by atoms with Gasteiger partial charge in [-0.1, -0.05) is 18.2 Å². The second-order valence-corrected chi connectivity index (χ2v) is 10.6. The third kappa shape index (κ3) is 10.1. The van der Waals surface area contributed by atoms with Crippen molar-refractivity contribution in [2.45, 2.75) is 27.2 Å². The number of nitrogens with one attached hydrogen (secondary N) is 1. The van der Waals surface area contributed by atoms with Crippen molar-refractivity contribution in [3.05, 3.63) is 54.1 Å². The molecule has 35 heavy (non-hydrogen) atoms. The van der Waals surface area contributed by atoms with Gasteiger partial charge in [-0.05, 0) is 19.1 Å². The summed E-state index contributed by atoms with van der Waals surface area (Å²) >= 11 is -5.22. The molecule has 2 aromatic carbocycles. The van der Waals surface area contributed by atoms with E-state index in [0.717, 1.165) is 11.3 Å². The van der Waals surface area contributed by atoms with E-state index in [-0.39, 0.29) is 28.5 Å². The van der Waals surface area contributed by atoms with Crippen LogP contribution in [-0.2, 0) is 26.7 Å². The monoisotopic (exact) mass is 554 g/mol. The van der Waals surface area contributed by atoms with Gasteiger partial charge in [-0.2, -0.15) is 0 Å². The van der Waals surface area contributed by atoms with Crippen molar-refractivity contribution in [2.24, 2.45) is 0 Å². The Balaban J connectivity index is 0.000000462. The Bertz CT molecular complexity index is 1030. The van der Waals surface area contributed by atoms with E-state index >= 15 is 0 Å². The van der Waals surface area contributed by atoms with E-state index in [0.29, 0.717) is 24.5 Å². The van der Waals surface area contributed by atoms with Gasteiger partial charge in [-0.3, -0.25) is 0 Å². The first kappa shape index (κ1) is 30.1. The topological polar surface area (TPSA) is 152 Å². The summed E-state index contributed by atoms with van der Waals surface area (Å²) in [7, 11) is 1.39. The fourth-order valence-electron chi connectivity index (χ4n) is 2.68. The Morgan fingerprint density at radius 3 is 2.29 bits per heavy atom. The van der Waals surface area contributed by atoms with E-state index in [9.17, 15) is 22.2 Å². The van der Waals surface area contributed by atoms with E-state index in [1.807, 2.05) is 25.1 Å². The molecule has 3 N–H and O–H groups in total. The SMILES string of the molecule is CCCOCC(=O)N(C)c1cc(NC(C)=O)ccc1[As](=O)(O)OO.CCOC(=O)c1ccccc1. The van der Waals surface area contributed by atoms with Gasteiger partial charge in [0.2, 0.25) is 0 Å². The predicted octanol–water partition coefficient (Wildman–Crippen LogP) is 1.96. The Morgan fingerprint density at radius 1 is 1.09 bits per heavy atom. The first-order valence-electron chi connectivity index (χ1n) is 10.7. The van der Waals surface area contributed by atoms with Gasteiger partial charge >= 0.3 is 148 Å². The molecule has 192 valence electrons. The minimum absolute atomic E-state index is 0.0328. The van der Waals surface area contributed by atoms with Crippen LogP contribution in [0.5, 0.6) is 0 Å². The molecule has 0 aliphatic heterocycles. The summed E-state index contributed by atoms with van der Waals surface area (Å²) < 4.78 is 35.3. The van der Waals surface area contributed by atoms with Crippen LogP contribution < -0.4 is 14.6 Å². The number of hydrogen-bond donors (Lipinski definition) is 3. The minimum Gasteiger partial charge on any atom is -0.462 e. The Labute approximate surface area is 206 Å². The third-order valence-electron chi connectivity index (χ3n) is 4.31. The van der Waals surface area contributed by atoms with Crippen LogP contribution in [0, 0.1) is 0 Å². The molecule has 0 aliphatic rings. The van der Waals surface area contributed by atoms with Crippen molar-refractivity contribution < 1.29 is 40.8 Å². The van der Waals surface area contributed by atoms with Gasteiger partial charge in [0.05, 0.1) is 12.2 Å². The smallest absolute Gasteiger partial charge is 0.338 e. The average Bonchev–Trinajstić information content (AvgIpc) is 2.84. The van der Waals surface area contributed by atoms with Crippen molar-refractivity contribution in [1.82, 2.24) is 0 Å². The Hall–Kier alpha value is -2.95. The zero-order chi connectivity index (χ0) is 26.4. The van der Waals surface area contributed by atoms with Crippen LogP contribution in [-0.4, -0.2) is 68.2 Å². The number of anilines is 2. The molecule has 0 fully saturated rings. The fraction of sp³-hybridized carbons (Fsp3) is 0.348. The van der Waals surface area contributed by atoms with Gasteiger partial charge in [0, 0.05) is 0 Å². The maximum atomic E-state index is 12.2. The molecule has 2 amide bonds. The molecule has 0 saturated heterocycles. The zero-order valence-corrected chi connectivity index (χ0v) is 22.0. The van der Waals surface area contributed by atoms with E-state index in [1.165, 1.54) is 32.2 Å². The molecule has 11 nitrogen and oxygen atoms in total.